The summed E-state index contributed by atoms with van der Waals surface area (Å²) in [6, 6.07) is 14.1. The molecule has 0 spiro atoms. The average molecular weight is 476 g/mol. The number of esters is 1. The number of hydrogen-bond donors (Lipinski definition) is 1. The number of benzene rings is 2. The maximum Gasteiger partial charge on any atom is 0.337 e. The van der Waals surface area contributed by atoms with Crippen molar-refractivity contribution in [3.05, 3.63) is 88.0 Å². The molecule has 35 heavy (non-hydrogen) atoms. The fourth-order valence-electron chi connectivity index (χ4n) is 5.77. The molecule has 2 aromatic rings. The smallest absolute Gasteiger partial charge is 0.337 e. The second kappa shape index (κ2) is 9.68. The van der Waals surface area contributed by atoms with E-state index in [2.05, 4.69) is 5.32 Å². The van der Waals surface area contributed by atoms with Gasteiger partial charge in [0, 0.05) is 34.9 Å². The molecule has 0 saturated heterocycles. The molecule has 2 aromatic carbocycles. The van der Waals surface area contributed by atoms with Gasteiger partial charge < -0.3 is 14.8 Å². The van der Waals surface area contributed by atoms with Gasteiger partial charge in [-0.05, 0) is 56.7 Å². The van der Waals surface area contributed by atoms with Gasteiger partial charge in [0.2, 0.25) is 0 Å². The molecule has 6 heteroatoms. The van der Waals surface area contributed by atoms with Crippen LogP contribution in [0.25, 0.3) is 0 Å². The molecule has 5 rings (SSSR count). The van der Waals surface area contributed by atoms with Crippen LogP contribution in [-0.2, 0) is 14.3 Å². The Labute approximate surface area is 205 Å². The van der Waals surface area contributed by atoms with Gasteiger partial charge in [0.25, 0.3) is 0 Å². The van der Waals surface area contributed by atoms with E-state index in [1.54, 1.807) is 32.2 Å². The Balaban J connectivity index is 1.56. The van der Waals surface area contributed by atoms with Crippen LogP contribution in [-0.4, -0.2) is 25.0 Å². The van der Waals surface area contributed by atoms with Crippen LogP contribution in [0.4, 0.5) is 4.39 Å². The largest absolute Gasteiger partial charge is 0.496 e. The highest BCUT2D eigenvalue weighted by Gasteiger charge is 2.43. The quantitative estimate of drug-likeness (QED) is 0.564. The van der Waals surface area contributed by atoms with Crippen LogP contribution in [0, 0.1) is 5.82 Å². The van der Waals surface area contributed by atoms with Crippen molar-refractivity contribution in [2.24, 2.45) is 0 Å². The second-order valence-corrected chi connectivity index (χ2v) is 9.59. The number of hydrogen-bond acceptors (Lipinski definition) is 5. The third-order valence-corrected chi connectivity index (χ3v) is 7.42. The van der Waals surface area contributed by atoms with Gasteiger partial charge in [-0.2, -0.15) is 0 Å². The van der Waals surface area contributed by atoms with Crippen LogP contribution >= 0.6 is 0 Å². The minimum Gasteiger partial charge on any atom is -0.496 e. The predicted octanol–water partition coefficient (Wildman–Crippen LogP) is 5.68. The maximum absolute atomic E-state index is 15.1. The van der Waals surface area contributed by atoms with Crippen molar-refractivity contribution in [1.82, 2.24) is 5.32 Å². The summed E-state index contributed by atoms with van der Waals surface area (Å²) in [4.78, 5) is 27.1. The molecule has 2 atom stereocenters. The highest BCUT2D eigenvalue weighted by atomic mass is 19.1. The Morgan fingerprint density at radius 3 is 2.40 bits per heavy atom. The van der Waals surface area contributed by atoms with E-state index in [-0.39, 0.29) is 24.2 Å². The number of ether oxygens (including phenoxy) is 2. The number of nitrogens with one attached hydrogen (secondary N) is 1. The van der Waals surface area contributed by atoms with Crippen LogP contribution < -0.4 is 10.1 Å². The highest BCUT2D eigenvalue weighted by molar-refractivity contribution is 6.04. The van der Waals surface area contributed by atoms with Gasteiger partial charge in [-0.25, -0.2) is 9.18 Å². The van der Waals surface area contributed by atoms with Crippen LogP contribution in [0.2, 0.25) is 0 Å². The molecule has 1 fully saturated rings. The fourth-order valence-corrected chi connectivity index (χ4v) is 5.77. The molecule has 5 nitrogen and oxygen atoms in total. The number of para-hydroxylation sites is 1. The van der Waals surface area contributed by atoms with Crippen molar-refractivity contribution in [3.63, 3.8) is 0 Å². The summed E-state index contributed by atoms with van der Waals surface area (Å²) in [5, 5.41) is 3.34. The van der Waals surface area contributed by atoms with Crippen LogP contribution in [0.5, 0.6) is 5.75 Å². The molecule has 1 aliphatic heterocycles. The standard InChI is InChI=1S/C29H30FNO4/c1-17-26(29(33)35-19-9-3-4-10-19)27(21-12-5-7-13-22(21)30)28-23(31-17)15-18(16-24(28)32)20-11-6-8-14-25(20)34-2/h5-8,11-14,18-19,27,31H,3-4,9-10,15-16H2,1-2H3/t18-,27-/m1/s1. The number of dihydropyridines is 1. The summed E-state index contributed by atoms with van der Waals surface area (Å²) in [7, 11) is 1.62. The van der Waals surface area contributed by atoms with Gasteiger partial charge in [0.15, 0.2) is 5.78 Å². The van der Waals surface area contributed by atoms with Gasteiger partial charge in [-0.1, -0.05) is 36.4 Å². The molecule has 1 N–H and O–H groups in total. The molecule has 1 heterocycles. The molecular weight excluding hydrogens is 445 g/mol. The summed E-state index contributed by atoms with van der Waals surface area (Å²) < 4.78 is 26.5. The summed E-state index contributed by atoms with van der Waals surface area (Å²) in [6.07, 6.45) is 4.43. The lowest BCUT2D eigenvalue weighted by Crippen LogP contribution is -2.37. The van der Waals surface area contributed by atoms with Crippen molar-refractivity contribution in [1.29, 1.82) is 0 Å². The molecule has 2 aliphatic carbocycles. The van der Waals surface area contributed by atoms with Crippen molar-refractivity contribution in [2.45, 2.75) is 63.4 Å². The normalized spacial score (nSPS) is 22.7. The van der Waals surface area contributed by atoms with E-state index in [0.717, 1.165) is 42.7 Å². The monoisotopic (exact) mass is 475 g/mol. The number of allylic oxidation sites excluding steroid dienone is 3. The minimum absolute atomic E-state index is 0.0778. The lowest BCUT2D eigenvalue weighted by molar-refractivity contribution is -0.144. The van der Waals surface area contributed by atoms with Crippen molar-refractivity contribution < 1.29 is 23.5 Å². The fraction of sp³-hybridized carbons (Fsp3) is 0.379. The molecule has 1 saturated carbocycles. The first-order valence-electron chi connectivity index (χ1n) is 12.3. The SMILES string of the molecule is COc1ccccc1[C@H]1CC(=O)C2=C(C1)NC(C)=C(C(=O)OC1CCCC1)[C@H]2c1ccccc1F. The molecule has 0 amide bonds. The number of carbonyl (C=O) groups excluding carboxylic acids is 2. The first kappa shape index (κ1) is 23.3. The first-order valence-corrected chi connectivity index (χ1v) is 12.3. The van der Waals surface area contributed by atoms with E-state index in [9.17, 15) is 9.59 Å². The molecule has 0 aromatic heterocycles. The average Bonchev–Trinajstić information content (AvgIpc) is 3.36. The van der Waals surface area contributed by atoms with E-state index >= 15 is 4.39 Å². The Morgan fingerprint density at radius 1 is 1.00 bits per heavy atom. The molecule has 0 radical (unpaired) electrons. The molecule has 182 valence electrons. The van der Waals surface area contributed by atoms with Gasteiger partial charge in [-0.15, -0.1) is 0 Å². The Morgan fingerprint density at radius 2 is 1.69 bits per heavy atom. The van der Waals surface area contributed by atoms with Crippen LogP contribution in [0.15, 0.2) is 71.1 Å². The maximum atomic E-state index is 15.1. The predicted molar refractivity (Wildman–Crippen MR) is 130 cm³/mol. The van der Waals surface area contributed by atoms with Crippen molar-refractivity contribution in [3.8, 4) is 5.75 Å². The number of carbonyl (C=O) groups is 2. The van der Waals surface area contributed by atoms with Gasteiger partial charge in [-0.3, -0.25) is 4.79 Å². The highest BCUT2D eigenvalue weighted by Crippen LogP contribution is 2.47. The van der Waals surface area contributed by atoms with E-state index in [1.807, 2.05) is 24.3 Å². The minimum atomic E-state index is -0.799. The molecule has 3 aliphatic rings. The van der Waals surface area contributed by atoms with Crippen molar-refractivity contribution in [2.75, 3.05) is 7.11 Å². The van der Waals surface area contributed by atoms with Crippen LogP contribution in [0.3, 0.4) is 0 Å². The zero-order valence-electron chi connectivity index (χ0n) is 20.1. The molecule has 0 bridgehead atoms. The van der Waals surface area contributed by atoms with Crippen LogP contribution in [0.1, 0.15) is 68.4 Å². The summed E-state index contributed by atoms with van der Waals surface area (Å²) >= 11 is 0. The Kier molecular flexibility index (Phi) is 6.46. The summed E-state index contributed by atoms with van der Waals surface area (Å²) in [5.41, 5.74) is 3.42. The number of methoxy groups -OCH3 is 1. The molecular formula is C29H30FNO4. The van der Waals surface area contributed by atoms with E-state index < -0.39 is 17.7 Å². The van der Waals surface area contributed by atoms with E-state index in [4.69, 9.17) is 9.47 Å². The zero-order valence-corrected chi connectivity index (χ0v) is 20.1. The zero-order chi connectivity index (χ0) is 24.5. The van der Waals surface area contributed by atoms with E-state index in [1.165, 1.54) is 6.07 Å². The Bertz CT molecular complexity index is 1220. The van der Waals surface area contributed by atoms with Crippen molar-refractivity contribution >= 4 is 11.8 Å². The van der Waals surface area contributed by atoms with Gasteiger partial charge >= 0.3 is 5.97 Å². The second-order valence-electron chi connectivity index (χ2n) is 9.59. The molecule has 0 unspecified atom stereocenters. The lowest BCUT2D eigenvalue weighted by Gasteiger charge is -2.37. The summed E-state index contributed by atoms with van der Waals surface area (Å²) in [5.74, 6) is -1.14. The van der Waals surface area contributed by atoms with Gasteiger partial charge in [0.05, 0.1) is 18.6 Å². The first-order chi connectivity index (χ1) is 17.0. The topological polar surface area (TPSA) is 64.6 Å². The third kappa shape index (κ3) is 4.38. The number of Topliss-reactive ketones (excluding diaryl/α,β-unsaturated/α-hetero) is 1. The number of ketones is 1. The third-order valence-electron chi connectivity index (χ3n) is 7.42. The van der Waals surface area contributed by atoms with E-state index in [0.29, 0.717) is 28.8 Å². The number of rotatable bonds is 5. The van der Waals surface area contributed by atoms with Gasteiger partial charge in [0.1, 0.15) is 17.7 Å². The lowest BCUT2D eigenvalue weighted by atomic mass is 9.71. The number of halogens is 1. The summed E-state index contributed by atoms with van der Waals surface area (Å²) in [6.45, 7) is 1.81. The Hall–Kier alpha value is -3.41.